The van der Waals surface area contributed by atoms with Gasteiger partial charge in [0.1, 0.15) is 90.1 Å². The summed E-state index contributed by atoms with van der Waals surface area (Å²) in [6.45, 7) is 8.70. The molecule has 40 nitrogen and oxygen atoms in total. The van der Waals surface area contributed by atoms with Gasteiger partial charge in [0, 0.05) is 54.9 Å². The Kier molecular flexibility index (Phi) is 33.4. The van der Waals surface area contributed by atoms with Gasteiger partial charge in [-0.05, 0) is 121 Å². The minimum absolute atomic E-state index is 0.0620. The summed E-state index contributed by atoms with van der Waals surface area (Å²) in [4.78, 5) is 0. The van der Waals surface area contributed by atoms with Gasteiger partial charge in [0.05, 0.1) is 74.4 Å². The lowest BCUT2D eigenvalue weighted by Crippen LogP contribution is -2.68. The molecule has 37 N–H and O–H groups in total. The number of nitrogens with one attached hydrogen (secondary N) is 4. The van der Waals surface area contributed by atoms with E-state index < -0.39 is 193 Å². The Labute approximate surface area is 590 Å². The first-order valence-corrected chi connectivity index (χ1v) is 36.1. The molecule has 3 aliphatic carbocycles. The fourth-order valence-corrected chi connectivity index (χ4v) is 14.6. The molecule has 3 saturated carbocycles. The van der Waals surface area contributed by atoms with E-state index >= 15 is 0 Å². The quantitative estimate of drug-likeness (QED) is 0.0534. The van der Waals surface area contributed by atoms with E-state index in [1.807, 2.05) is 20.9 Å². The molecule has 9 aliphatic rings. The summed E-state index contributed by atoms with van der Waals surface area (Å²) in [7, 11) is 2.07. The number of aliphatic hydroxyl groups is 9. The minimum Gasteiger partial charge on any atom is -0.388 e. The number of ether oxygens (including phenoxy) is 12. The molecule has 6 aliphatic heterocycles. The van der Waals surface area contributed by atoms with Crippen LogP contribution in [0.15, 0.2) is 0 Å². The van der Waals surface area contributed by atoms with Gasteiger partial charge in [-0.15, -0.1) is 0 Å². The molecule has 0 aromatic carbocycles. The molecule has 0 spiro atoms. The van der Waals surface area contributed by atoms with Crippen molar-refractivity contribution in [3.63, 3.8) is 0 Å². The van der Waals surface area contributed by atoms with E-state index in [-0.39, 0.29) is 68.3 Å². The van der Waals surface area contributed by atoms with Crippen LogP contribution in [0.1, 0.15) is 92.4 Å². The molecule has 0 radical (unpaired) electrons. The molecule has 3 unspecified atom stereocenters. The van der Waals surface area contributed by atoms with Gasteiger partial charge in [0.2, 0.25) is 0 Å². The lowest BCUT2D eigenvalue weighted by molar-refractivity contribution is -0.307. The first-order chi connectivity index (χ1) is 47.0. The summed E-state index contributed by atoms with van der Waals surface area (Å²) in [6, 6.07) is -6.84. The van der Waals surface area contributed by atoms with Gasteiger partial charge in [-0.3, -0.25) is 9.11 Å². The monoisotopic (exact) mass is 1490 g/mol. The minimum atomic E-state index is -4.67. The molecule has 0 aromatic heterocycles. The standard InChI is InChI=1S/C21H43N5O7.C20H41N5O7.C19H39N5O7.H2O4S/c1-9(25-3)13-6-5-10(22)19(31-13)32-16-11(23)7-12(24)17(14(16)27)33-20-15(28)18(26-4)21(2,29)8-30-20;1-8(21)12-5-4-9(22)18(30-12)31-15-10(23)6-11(24)16(13(15)26)32-19-14(27)17(25-3)20(2,28)7-29-19;1-19(27)7-28-18(13(26)16(19)24-2)31-15-11(23)5-10(22)14(12(15)25)30-17-9(21)4-3-8(6-20)29-17;1-5(2,3)4/h9-20,25-29H,5-8,22-24H2,1-4H3;8-19,25-28H,4-7,21-24H2,1-3H3;8-18,24-27H,3-7,20-23H2,1-2H3;(H2,1,2,3,4)/t9-,10-,11+,12-,13+,14+,15-,16-,17+,18-,19-,20-,21?;8-,9-,10+,11-,12+,13+,14-,15-,16+,17-,18-,19-,20?;8-,9+,10-,11+,12-,13+,14+,15-,16+,17+,18+,19?;/m110./s1. The van der Waals surface area contributed by atoms with Crippen molar-refractivity contribution in [3.05, 3.63) is 0 Å². The zero-order valence-electron chi connectivity index (χ0n) is 59.3. The van der Waals surface area contributed by atoms with E-state index in [9.17, 15) is 46.0 Å². The van der Waals surface area contributed by atoms with Crippen molar-refractivity contribution in [2.75, 3.05) is 54.6 Å². The molecular weight excluding hydrogens is 1360 g/mol. The maximum absolute atomic E-state index is 11.1. The van der Waals surface area contributed by atoms with Crippen LogP contribution in [0.4, 0.5) is 0 Å². The third kappa shape index (κ3) is 23.0. The maximum atomic E-state index is 11.1. The molecule has 6 heterocycles. The molecule has 0 aromatic rings. The van der Waals surface area contributed by atoms with Gasteiger partial charge < -0.3 is 187 Å². The molecule has 9 rings (SSSR count). The Morgan fingerprint density at radius 3 is 0.950 bits per heavy atom. The fraction of sp³-hybridized carbons (Fsp3) is 1.00. The summed E-state index contributed by atoms with van der Waals surface area (Å²) < 4.78 is 102. The number of likely N-dealkylation sites (N-methyl/N-ethyl adjacent to an activating group) is 4. The number of hydrogen-bond acceptors (Lipinski definition) is 38. The molecule has 38 atom stereocenters. The smallest absolute Gasteiger partial charge is 0.388 e. The van der Waals surface area contributed by atoms with E-state index in [0.29, 0.717) is 45.1 Å². The average molecular weight is 1490 g/mol. The zero-order valence-corrected chi connectivity index (χ0v) is 60.1. The predicted molar refractivity (Wildman–Crippen MR) is 360 cm³/mol. The Morgan fingerprint density at radius 1 is 0.426 bits per heavy atom. The number of nitrogens with two attached hydrogens (primary N) is 11. The maximum Gasteiger partial charge on any atom is 0.394 e. The highest BCUT2D eigenvalue weighted by Crippen LogP contribution is 2.36. The summed E-state index contributed by atoms with van der Waals surface area (Å²) in [6.07, 6.45) is -13.3. The second-order valence-electron chi connectivity index (χ2n) is 29.2. The van der Waals surface area contributed by atoms with Crippen molar-refractivity contribution in [2.45, 2.75) is 323 Å². The van der Waals surface area contributed by atoms with Gasteiger partial charge in [0.15, 0.2) is 37.7 Å². The van der Waals surface area contributed by atoms with Crippen molar-refractivity contribution in [1.29, 1.82) is 0 Å². The van der Waals surface area contributed by atoms with Crippen molar-refractivity contribution >= 4 is 10.4 Å². The Morgan fingerprint density at radius 2 is 0.683 bits per heavy atom. The largest absolute Gasteiger partial charge is 0.394 e. The van der Waals surface area contributed by atoms with E-state index in [1.165, 1.54) is 0 Å². The van der Waals surface area contributed by atoms with Gasteiger partial charge in [-0.1, -0.05) is 0 Å². The highest BCUT2D eigenvalue weighted by atomic mass is 32.3. The van der Waals surface area contributed by atoms with Crippen LogP contribution < -0.4 is 84.3 Å². The number of hydrogen-bond donors (Lipinski definition) is 26. The lowest BCUT2D eigenvalue weighted by atomic mass is 9.84. The average Bonchev–Trinajstić information content (AvgIpc) is 0.790. The Bertz CT molecular complexity index is 2560. The normalized spacial score (nSPS) is 49.1. The van der Waals surface area contributed by atoms with Crippen LogP contribution in [0.25, 0.3) is 0 Å². The molecule has 9 fully saturated rings. The number of aliphatic hydroxyl groups excluding tert-OH is 6. The highest BCUT2D eigenvalue weighted by molar-refractivity contribution is 7.79. The van der Waals surface area contributed by atoms with E-state index in [2.05, 4.69) is 21.3 Å². The Hall–Kier alpha value is -1.57. The van der Waals surface area contributed by atoms with Crippen molar-refractivity contribution in [2.24, 2.45) is 63.1 Å². The van der Waals surface area contributed by atoms with Crippen LogP contribution in [-0.4, -0.2) is 349 Å². The van der Waals surface area contributed by atoms with Gasteiger partial charge >= 0.3 is 10.4 Å². The molecule has 6 saturated heterocycles. The topological polar surface area (TPSA) is 702 Å². The molecule has 596 valence electrons. The summed E-state index contributed by atoms with van der Waals surface area (Å²) >= 11 is 0. The summed E-state index contributed by atoms with van der Waals surface area (Å²) in [5, 5.41) is 108. The molecule has 41 heteroatoms. The predicted octanol–water partition coefficient (Wildman–Crippen LogP) is -11.5. The summed E-state index contributed by atoms with van der Waals surface area (Å²) in [5.74, 6) is 0. The Balaban J connectivity index is 0.000000230. The first-order valence-electron chi connectivity index (χ1n) is 34.7. The van der Waals surface area contributed by atoms with Crippen LogP contribution in [0.3, 0.4) is 0 Å². The van der Waals surface area contributed by atoms with Gasteiger partial charge in [-0.2, -0.15) is 8.42 Å². The van der Waals surface area contributed by atoms with Crippen LogP contribution in [-0.2, 0) is 67.2 Å². The van der Waals surface area contributed by atoms with Crippen LogP contribution in [0, 0.1) is 0 Å². The second kappa shape index (κ2) is 38.2. The first kappa shape index (κ1) is 88.3. The van der Waals surface area contributed by atoms with Crippen LogP contribution >= 0.6 is 0 Å². The van der Waals surface area contributed by atoms with E-state index in [1.54, 1.807) is 41.9 Å². The zero-order chi connectivity index (χ0) is 75.7. The second-order valence-corrected chi connectivity index (χ2v) is 30.1. The van der Waals surface area contributed by atoms with Crippen LogP contribution in [0.2, 0.25) is 0 Å². The molecule has 0 amide bonds. The highest BCUT2D eigenvalue weighted by Gasteiger charge is 2.55. The van der Waals surface area contributed by atoms with Crippen molar-refractivity contribution in [3.8, 4) is 0 Å². The van der Waals surface area contributed by atoms with Crippen molar-refractivity contribution < 1.29 is 120 Å². The van der Waals surface area contributed by atoms with E-state index in [4.69, 9.17) is 137 Å². The van der Waals surface area contributed by atoms with Gasteiger partial charge in [-0.25, -0.2) is 0 Å². The van der Waals surface area contributed by atoms with E-state index in [0.717, 1.165) is 19.3 Å². The number of rotatable bonds is 19. The molecule has 101 heavy (non-hydrogen) atoms. The van der Waals surface area contributed by atoms with Crippen LogP contribution in [0.5, 0.6) is 0 Å². The van der Waals surface area contributed by atoms with Crippen molar-refractivity contribution in [1.82, 2.24) is 21.3 Å². The lowest BCUT2D eigenvalue weighted by Gasteiger charge is -2.48. The fourth-order valence-electron chi connectivity index (χ4n) is 14.6. The SMILES string of the molecule is CN[C@@H]1[C@@H](O)[C@@H](O[C@@H]2[C@@H](O)[C@H](O[C@H]3O[C@H](CN)CC[C@H]3N)[C@@H](N)C[C@H]2N)OCC1(C)O.CN[C@@H]1[C@@H](O)[C@@H](O[C@@H]2[C@@H](O)[C@H](O[C@H]3O[C@H]([C@@H](C)N)CC[C@H]3N)[C@@H](N)C[C@H]2N)OCC1(C)O.CN[C@@H]1[C@@H](O)[C@@H](O[C@@H]2[C@@H](O)[C@H](O[C@H]3O[C@H]([C@@H](C)NC)CC[C@H]3N)[C@@H](N)C[C@H]2N)OCC1(C)O.O=S(=O)(O)O. The third-order valence-corrected chi connectivity index (χ3v) is 20.6. The molecule has 0 bridgehead atoms. The third-order valence-electron chi connectivity index (χ3n) is 20.6. The van der Waals surface area contributed by atoms with Gasteiger partial charge in [0.25, 0.3) is 0 Å². The summed E-state index contributed by atoms with van der Waals surface area (Å²) in [5.41, 5.74) is 63.8. The molecular formula is C60H125N15O25S.